The molecule has 9 nitrogen and oxygen atoms in total. The fourth-order valence-corrected chi connectivity index (χ4v) is 2.77. The van der Waals surface area contributed by atoms with Crippen molar-refractivity contribution in [2.45, 2.75) is 18.9 Å². The van der Waals surface area contributed by atoms with E-state index in [4.69, 9.17) is 9.84 Å². The molecule has 0 saturated carbocycles. The molecule has 1 saturated heterocycles. The lowest BCUT2D eigenvalue weighted by Crippen LogP contribution is -2.39. The van der Waals surface area contributed by atoms with Crippen LogP contribution in [-0.4, -0.2) is 45.2 Å². The number of carboxylic acids is 1. The first-order chi connectivity index (χ1) is 12.8. The number of halogens is 2. The van der Waals surface area contributed by atoms with Gasteiger partial charge in [-0.05, 0) is 12.1 Å². The monoisotopic (exact) mass is 380 g/mol. The second kappa shape index (κ2) is 7.48. The topological polar surface area (TPSA) is 119 Å². The zero-order valence-electron chi connectivity index (χ0n) is 13.8. The van der Waals surface area contributed by atoms with Crippen molar-refractivity contribution < 1.29 is 28.3 Å². The van der Waals surface area contributed by atoms with Crippen LogP contribution in [0.25, 0.3) is 0 Å². The molecule has 0 radical (unpaired) electrons. The summed E-state index contributed by atoms with van der Waals surface area (Å²) >= 11 is 0. The molecule has 2 aromatic rings. The van der Waals surface area contributed by atoms with Crippen molar-refractivity contribution >= 4 is 17.5 Å². The smallest absolute Gasteiger partial charge is 0.374 e. The Morgan fingerprint density at radius 2 is 2.04 bits per heavy atom. The molecule has 3 rings (SSSR count). The van der Waals surface area contributed by atoms with Gasteiger partial charge in [-0.1, -0.05) is 0 Å². The van der Waals surface area contributed by atoms with Crippen LogP contribution in [0.15, 0.2) is 24.4 Å². The average Bonchev–Trinajstić information content (AvgIpc) is 2.64. The number of hydrogen-bond acceptors (Lipinski definition) is 7. The fraction of sp³-hybridized carbons (Fsp3) is 0.312. The largest absolute Gasteiger partial charge is 0.487 e. The number of rotatable bonds is 5. The highest BCUT2D eigenvalue weighted by atomic mass is 19.1. The van der Waals surface area contributed by atoms with Crippen molar-refractivity contribution in [1.29, 1.82) is 0 Å². The number of hydrogen-bond donors (Lipinski definition) is 1. The van der Waals surface area contributed by atoms with Crippen LogP contribution in [0.4, 0.5) is 20.3 Å². The molecule has 2 heterocycles. The number of nitro groups is 1. The Bertz CT molecular complexity index is 887. The van der Waals surface area contributed by atoms with Crippen molar-refractivity contribution in [3.05, 3.63) is 52.0 Å². The second-order valence-electron chi connectivity index (χ2n) is 5.84. The highest BCUT2D eigenvalue weighted by Gasteiger charge is 2.29. The van der Waals surface area contributed by atoms with E-state index in [1.807, 2.05) is 0 Å². The van der Waals surface area contributed by atoms with E-state index in [0.717, 1.165) is 18.3 Å². The highest BCUT2D eigenvalue weighted by Crippen LogP contribution is 2.29. The minimum atomic E-state index is -1.39. The Hall–Kier alpha value is -3.37. The van der Waals surface area contributed by atoms with Crippen LogP contribution in [0.5, 0.6) is 5.75 Å². The van der Waals surface area contributed by atoms with Crippen molar-refractivity contribution in [1.82, 2.24) is 9.97 Å². The molecule has 1 aromatic carbocycles. The maximum atomic E-state index is 13.7. The highest BCUT2D eigenvalue weighted by molar-refractivity contribution is 5.84. The Balaban J connectivity index is 1.72. The molecule has 0 aliphatic carbocycles. The first-order valence-corrected chi connectivity index (χ1v) is 7.96. The van der Waals surface area contributed by atoms with Gasteiger partial charge in [0.1, 0.15) is 18.1 Å². The molecule has 11 heteroatoms. The Kier molecular flexibility index (Phi) is 5.10. The minimum Gasteiger partial charge on any atom is -0.487 e. The molecular formula is C16H14F2N4O5. The molecule has 0 bridgehead atoms. The van der Waals surface area contributed by atoms with Gasteiger partial charge >= 0.3 is 11.7 Å². The molecule has 0 amide bonds. The first-order valence-electron chi connectivity index (χ1n) is 7.96. The quantitative estimate of drug-likeness (QED) is 0.620. The lowest BCUT2D eigenvalue weighted by atomic mass is 10.1. The van der Waals surface area contributed by atoms with E-state index in [2.05, 4.69) is 9.97 Å². The summed E-state index contributed by atoms with van der Waals surface area (Å²) in [6.45, 7) is 0.564. The number of carboxylic acid groups (broad SMARTS) is 1. The van der Waals surface area contributed by atoms with Crippen molar-refractivity contribution in [3.63, 3.8) is 0 Å². The Morgan fingerprint density at radius 1 is 1.33 bits per heavy atom. The summed E-state index contributed by atoms with van der Waals surface area (Å²) in [4.78, 5) is 30.3. The molecule has 27 heavy (non-hydrogen) atoms. The predicted molar refractivity (Wildman–Crippen MR) is 87.9 cm³/mol. The SMILES string of the molecule is O=C(O)c1ncc([N+](=O)[O-])c(N2CCC(Oc3ccc(F)cc3F)CC2)n1. The zero-order chi connectivity index (χ0) is 19.6. The van der Waals surface area contributed by atoms with Crippen LogP contribution in [-0.2, 0) is 0 Å². The van der Waals surface area contributed by atoms with Crippen molar-refractivity contribution in [2.75, 3.05) is 18.0 Å². The normalized spacial score (nSPS) is 14.8. The number of ether oxygens (including phenoxy) is 1. The molecular weight excluding hydrogens is 366 g/mol. The fourth-order valence-electron chi connectivity index (χ4n) is 2.77. The van der Waals surface area contributed by atoms with Crippen molar-refractivity contribution in [3.8, 4) is 5.75 Å². The maximum Gasteiger partial charge on any atom is 0.374 e. The van der Waals surface area contributed by atoms with Crippen LogP contribution in [0, 0.1) is 21.7 Å². The van der Waals surface area contributed by atoms with E-state index >= 15 is 0 Å². The molecule has 142 valence electrons. The number of aromatic carboxylic acids is 1. The average molecular weight is 380 g/mol. The van der Waals surface area contributed by atoms with Gasteiger partial charge in [0.15, 0.2) is 11.6 Å². The molecule has 1 aliphatic heterocycles. The third-order valence-electron chi connectivity index (χ3n) is 4.07. The summed E-state index contributed by atoms with van der Waals surface area (Å²) in [5.41, 5.74) is -0.399. The Labute approximate surface area is 151 Å². The van der Waals surface area contributed by atoms with Crippen molar-refractivity contribution in [2.24, 2.45) is 0 Å². The summed E-state index contributed by atoms with van der Waals surface area (Å²) in [6, 6.07) is 3.01. The van der Waals surface area contributed by atoms with E-state index < -0.39 is 34.0 Å². The molecule has 0 unspecified atom stereocenters. The van der Waals surface area contributed by atoms with Gasteiger partial charge in [0.25, 0.3) is 0 Å². The number of nitrogens with zero attached hydrogens (tertiary/aromatic N) is 4. The van der Waals surface area contributed by atoms with Gasteiger partial charge in [0.2, 0.25) is 11.6 Å². The third kappa shape index (κ3) is 4.07. The van der Waals surface area contributed by atoms with Gasteiger partial charge in [-0.15, -0.1) is 0 Å². The number of carbonyl (C=O) groups is 1. The number of anilines is 1. The molecule has 1 aliphatic rings. The molecule has 0 atom stereocenters. The van der Waals surface area contributed by atoms with Gasteiger partial charge in [-0.3, -0.25) is 10.1 Å². The van der Waals surface area contributed by atoms with Gasteiger partial charge in [0, 0.05) is 32.0 Å². The number of benzene rings is 1. The molecule has 1 aromatic heterocycles. The van der Waals surface area contributed by atoms with Crippen LogP contribution < -0.4 is 9.64 Å². The molecule has 1 N–H and O–H groups in total. The summed E-state index contributed by atoms with van der Waals surface area (Å²) < 4.78 is 32.2. The lowest BCUT2D eigenvalue weighted by molar-refractivity contribution is -0.384. The van der Waals surface area contributed by atoms with Gasteiger partial charge < -0.3 is 14.7 Å². The van der Waals surface area contributed by atoms with E-state index in [1.165, 1.54) is 6.07 Å². The van der Waals surface area contributed by atoms with Crippen LogP contribution in [0.1, 0.15) is 23.5 Å². The predicted octanol–water partition coefficient (Wildman–Crippen LogP) is 2.41. The lowest BCUT2D eigenvalue weighted by Gasteiger charge is -2.32. The van der Waals surface area contributed by atoms with E-state index in [0.29, 0.717) is 12.8 Å². The first kappa shape index (κ1) is 18.4. The molecule has 1 fully saturated rings. The maximum absolute atomic E-state index is 13.7. The van der Waals surface area contributed by atoms with Gasteiger partial charge in [-0.2, -0.15) is 4.98 Å². The Morgan fingerprint density at radius 3 is 2.63 bits per heavy atom. The van der Waals surface area contributed by atoms with Crippen LogP contribution >= 0.6 is 0 Å². The number of aromatic nitrogens is 2. The standard InChI is InChI=1S/C16H14F2N4O5/c17-9-1-2-13(11(18)7-9)27-10-3-5-21(6-4-10)15-12(22(25)26)8-19-14(20-15)16(23)24/h1-2,7-8,10H,3-6H2,(H,23,24). The van der Waals surface area contributed by atoms with Gasteiger partial charge in [-0.25, -0.2) is 18.6 Å². The minimum absolute atomic E-state index is 0.0731. The van der Waals surface area contributed by atoms with Crippen LogP contribution in [0.2, 0.25) is 0 Å². The van der Waals surface area contributed by atoms with Gasteiger partial charge in [0.05, 0.1) is 4.92 Å². The second-order valence-corrected chi connectivity index (χ2v) is 5.84. The number of piperidine rings is 1. The molecule has 0 spiro atoms. The summed E-state index contributed by atoms with van der Waals surface area (Å²) in [6.07, 6.45) is 1.27. The van der Waals surface area contributed by atoms with Crippen LogP contribution in [0.3, 0.4) is 0 Å². The summed E-state index contributed by atoms with van der Waals surface area (Å²) in [5.74, 6) is -3.61. The van der Waals surface area contributed by atoms with E-state index in [-0.39, 0.29) is 30.8 Å². The summed E-state index contributed by atoms with van der Waals surface area (Å²) in [5, 5.41) is 20.2. The van der Waals surface area contributed by atoms with E-state index in [1.54, 1.807) is 4.90 Å². The zero-order valence-corrected chi connectivity index (χ0v) is 13.8. The summed E-state index contributed by atoms with van der Waals surface area (Å²) in [7, 11) is 0. The third-order valence-corrected chi connectivity index (χ3v) is 4.07. The van der Waals surface area contributed by atoms with E-state index in [9.17, 15) is 23.7 Å².